The van der Waals surface area contributed by atoms with Gasteiger partial charge in [0.15, 0.2) is 17.3 Å². The zero-order valence-electron chi connectivity index (χ0n) is 68.9. The molecule has 3 saturated heterocycles. The van der Waals surface area contributed by atoms with Crippen molar-refractivity contribution in [2.24, 2.45) is 35.5 Å². The van der Waals surface area contributed by atoms with Crippen molar-refractivity contribution < 1.29 is 97.2 Å². The monoisotopic (exact) mass is 1840 g/mol. The first-order valence-electron chi connectivity index (χ1n) is 40.5. The van der Waals surface area contributed by atoms with Gasteiger partial charge in [-0.15, -0.1) is 0 Å². The summed E-state index contributed by atoms with van der Waals surface area (Å²) in [5.41, 5.74) is 7.63. The number of halogens is 6. The molecule has 0 amide bonds. The molecule has 0 bridgehead atoms. The van der Waals surface area contributed by atoms with Crippen LogP contribution >= 0.6 is 47.8 Å². The Hall–Kier alpha value is -8.84. The van der Waals surface area contributed by atoms with E-state index in [0.717, 1.165) is 157 Å². The predicted octanol–water partition coefficient (Wildman–Crippen LogP) is 17.9. The van der Waals surface area contributed by atoms with Gasteiger partial charge in [0.1, 0.15) is 77.5 Å². The Bertz CT molecular complexity index is 4830. The van der Waals surface area contributed by atoms with Gasteiger partial charge < -0.3 is 45.4 Å². The number of aromatic hydroxyl groups is 1. The first kappa shape index (κ1) is 94.4. The molecule has 17 rings (SSSR count). The summed E-state index contributed by atoms with van der Waals surface area (Å²) in [7, 11) is 0. The Morgan fingerprint density at radius 2 is 0.669 bits per heavy atom. The van der Waals surface area contributed by atoms with Crippen LogP contribution in [0.25, 0.3) is 0 Å². The van der Waals surface area contributed by atoms with E-state index in [9.17, 15) is 32.7 Å². The maximum Gasteiger partial charge on any atom is 1.00 e. The van der Waals surface area contributed by atoms with Gasteiger partial charge in [0.05, 0.1) is 41.6 Å². The predicted molar refractivity (Wildman–Crippen MR) is 478 cm³/mol. The third-order valence-electron chi connectivity index (χ3n) is 22.1. The van der Waals surface area contributed by atoms with Crippen molar-refractivity contribution in [3.8, 4) is 40.2 Å². The Balaban J connectivity index is 0.000000176. The number of hydrogen-bond donors (Lipinski definition) is 3. The number of aliphatic hydroxyl groups is 1. The Labute approximate surface area is 759 Å². The molecule has 625 valence electrons. The number of carbonyl (C=O) groups excluding carboxylic acids is 3. The molecule has 14 nitrogen and oxygen atoms in total. The first-order chi connectivity index (χ1) is 58.0. The molecule has 0 aromatic heterocycles. The van der Waals surface area contributed by atoms with E-state index in [4.69, 9.17) is 33.5 Å². The van der Waals surface area contributed by atoms with Crippen molar-refractivity contribution in [2.75, 3.05) is 63.0 Å². The number of phenolic OH excluding ortho intramolecular Hbond substituents is 1. The number of carbonyl (C=O) groups is 3. The number of nitrogens with one attached hydrogen (secondary N) is 1. The maximum absolute atomic E-state index is 13.1. The fourth-order valence-electron chi connectivity index (χ4n) is 16.0. The molecule has 6 fully saturated rings. The number of Topliss-reactive ketones (excluding diaryl/α,β-unsaturated/α-hetero) is 3. The fraction of sp³-hybridized carbons (Fsp3) is 0.303. The van der Waals surface area contributed by atoms with Crippen molar-refractivity contribution in [1.82, 2.24) is 15.1 Å². The van der Waals surface area contributed by atoms with Crippen molar-refractivity contribution in [2.45, 2.75) is 88.1 Å². The minimum absolute atomic E-state index is 0. The average molecular weight is 1840 g/mol. The Morgan fingerprint density at radius 1 is 0.380 bits per heavy atom. The molecule has 22 heteroatoms. The topological polar surface area (TPSA) is 166 Å². The summed E-state index contributed by atoms with van der Waals surface area (Å²) in [5, 5.41) is 24.7. The molecule has 10 atom stereocenters. The minimum Gasteiger partial charge on any atom is -1.00 e. The number of aliphatic hydroxyl groups excluding tert-OH is 1. The van der Waals surface area contributed by atoms with Gasteiger partial charge in [-0.2, -0.15) is 0 Å². The van der Waals surface area contributed by atoms with E-state index >= 15 is 0 Å². The molecule has 0 spiro atoms. The van der Waals surface area contributed by atoms with Gasteiger partial charge in [0.25, 0.3) is 0 Å². The summed E-state index contributed by atoms with van der Waals surface area (Å²) in [6.07, 6.45) is 6.45. The summed E-state index contributed by atoms with van der Waals surface area (Å²) in [6, 6.07) is 87.8. The van der Waals surface area contributed by atoms with E-state index < -0.39 is 6.10 Å². The summed E-state index contributed by atoms with van der Waals surface area (Å²) < 4.78 is 74.2. The van der Waals surface area contributed by atoms with Crippen LogP contribution in [0, 0.1) is 53.0 Å². The molecule has 3 N–H and O–H groups in total. The van der Waals surface area contributed by atoms with Crippen molar-refractivity contribution in [3.63, 3.8) is 0 Å². The van der Waals surface area contributed by atoms with Gasteiger partial charge in [-0.1, -0.05) is 181 Å². The minimum atomic E-state index is -0.515. The van der Waals surface area contributed by atoms with Crippen LogP contribution in [-0.2, 0) is 25.2 Å². The molecule has 4 unspecified atom stereocenters. The zero-order valence-corrected chi connectivity index (χ0v) is 74.7. The molecule has 3 radical (unpaired) electrons. The van der Waals surface area contributed by atoms with E-state index in [-0.39, 0.29) is 92.2 Å². The second kappa shape index (κ2) is 49.5. The smallest absolute Gasteiger partial charge is 1.00 e. The zero-order chi connectivity index (χ0) is 83.1. The number of alkyl halides is 3. The van der Waals surface area contributed by atoms with Gasteiger partial charge in [0, 0.05) is 63.2 Å². The van der Waals surface area contributed by atoms with Crippen LogP contribution in [-0.4, -0.2) is 127 Å². The van der Waals surface area contributed by atoms with Crippen LogP contribution in [0.4, 0.5) is 13.2 Å². The van der Waals surface area contributed by atoms with Crippen LogP contribution in [0.3, 0.4) is 0 Å². The SMILES string of the molecule is BrCc1ccccc1.Fc1ccc(OC2C[C@H]3CNC[C@H]3C2)cc1.O=C(CBr)c1ccc(O)cc1.O=C(CBr)c1ccc(OCc2ccccc2)cc1.O=C(CN1C[C@H]2CC(Oc3ccc(F)cc3)C[C@H]2C1)c1ccc(OCc2ccccc2)cc1.OC(CN1C[C@H]2CC(Oc3ccc(F)cc3)C[C@H]2C1)c1ccc(OCc2ccccc2)cc1.[B].[H-].[Na+]. The molecule has 11 aromatic carbocycles. The van der Waals surface area contributed by atoms with Crippen LogP contribution in [0.15, 0.2) is 291 Å². The van der Waals surface area contributed by atoms with Crippen LogP contribution in [0.2, 0.25) is 0 Å². The van der Waals surface area contributed by atoms with E-state index in [0.29, 0.717) is 84.5 Å². The van der Waals surface area contributed by atoms with E-state index in [1.165, 1.54) is 54.1 Å². The van der Waals surface area contributed by atoms with E-state index in [1.807, 2.05) is 170 Å². The summed E-state index contributed by atoms with van der Waals surface area (Å²) in [5.74, 6) is 8.16. The van der Waals surface area contributed by atoms with E-state index in [2.05, 4.69) is 75.0 Å². The van der Waals surface area contributed by atoms with Gasteiger partial charge in [0.2, 0.25) is 0 Å². The van der Waals surface area contributed by atoms with Gasteiger partial charge >= 0.3 is 29.6 Å². The van der Waals surface area contributed by atoms with Crippen molar-refractivity contribution in [1.29, 1.82) is 0 Å². The molecular formula is C99H102BBr3F3N3NaO11. The molecule has 3 saturated carbocycles. The van der Waals surface area contributed by atoms with Gasteiger partial charge in [-0.25, -0.2) is 13.2 Å². The summed E-state index contributed by atoms with van der Waals surface area (Å²) >= 11 is 9.57. The molecular weight excluding hydrogens is 1740 g/mol. The average Bonchev–Trinajstić information content (AvgIpc) is 1.65. The van der Waals surface area contributed by atoms with Crippen LogP contribution in [0.1, 0.15) is 105 Å². The fourth-order valence-corrected chi connectivity index (χ4v) is 17.0. The third kappa shape index (κ3) is 30.6. The number of likely N-dealkylation sites (tertiary alicyclic amines) is 2. The molecule has 121 heavy (non-hydrogen) atoms. The van der Waals surface area contributed by atoms with Gasteiger partial charge in [-0.3, -0.25) is 24.2 Å². The second-order valence-electron chi connectivity index (χ2n) is 30.8. The molecule has 3 aliphatic carbocycles. The van der Waals surface area contributed by atoms with Crippen molar-refractivity contribution in [3.05, 3.63) is 353 Å². The Morgan fingerprint density at radius 3 is 0.992 bits per heavy atom. The maximum atomic E-state index is 13.1. The number of hydrogen-bond acceptors (Lipinski definition) is 14. The second-order valence-corrected chi connectivity index (χ2v) is 32.5. The number of benzene rings is 11. The Kier molecular flexibility index (Phi) is 38.6. The molecule has 3 heterocycles. The number of β-amino-alcohol motifs (C(OH)–C–C–N with tert-alkyl or cyclic N) is 1. The quantitative estimate of drug-likeness (QED) is 0.0266. The van der Waals surface area contributed by atoms with Crippen LogP contribution in [0.5, 0.6) is 40.2 Å². The summed E-state index contributed by atoms with van der Waals surface area (Å²) in [4.78, 5) is 39.9. The first-order valence-corrected chi connectivity index (χ1v) is 43.9. The number of ether oxygens (including phenoxy) is 6. The van der Waals surface area contributed by atoms with E-state index in [1.54, 1.807) is 60.7 Å². The molecule has 6 aliphatic rings. The third-order valence-corrected chi connectivity index (χ3v) is 23.8. The van der Waals surface area contributed by atoms with Crippen molar-refractivity contribution >= 4 is 73.6 Å². The van der Waals surface area contributed by atoms with Crippen LogP contribution < -0.4 is 63.3 Å². The summed E-state index contributed by atoms with van der Waals surface area (Å²) in [6.45, 7) is 8.76. The number of rotatable bonds is 26. The number of fused-ring (bicyclic) bond motifs is 3. The normalized spacial score (nSPS) is 19.7. The number of phenols is 1. The number of ketones is 3. The molecule has 11 aromatic rings. The standard InChI is InChI=1S/C28H30FNO3.C28H28FNO3.C15H13BrO2.C13H16FNO.C8H7BrO2.C7H7Br.B.Na.H/c2*29-24-8-12-26(13-9-24)33-27-14-22-16-30(17-23(22)15-27)18-28(31)21-6-10-25(11-7-21)32-19-20-4-2-1-3-5-20;16-10-15(17)13-6-8-14(9-7-13)18-11-12-4-2-1-3-5-12;14-11-1-3-12(4-2-11)16-13-5-9-7-15-8-10(9)6-13;9-5-8(11)6-1-3-7(10)4-2-6;8-6-7-4-2-1-3-5-7;;;/h1-13,22-23,27-28,31H,14-19H2;1-13,22-23,27H,14-19H2;1-9H,10-11H2;1-4,9-10,13,15H,5-8H2;1-4,10H,5H2;1-5H,6H2;;;/q;;;;;;;+1;-1/t22-,23+,27?,28?;22-,23+,27?;;9-,10+,13?;;;;;. The molecule has 3 aliphatic heterocycles. The largest absolute Gasteiger partial charge is 1.00 e. The number of nitrogens with zero attached hydrogens (tertiary/aromatic N) is 2. The van der Waals surface area contributed by atoms with Gasteiger partial charge in [-0.05, 0) is 273 Å².